The van der Waals surface area contributed by atoms with Gasteiger partial charge in [-0.3, -0.25) is 0 Å². The van der Waals surface area contributed by atoms with E-state index in [0.717, 1.165) is 5.75 Å². The van der Waals surface area contributed by atoms with Gasteiger partial charge < -0.3 is 4.74 Å². The highest BCUT2D eigenvalue weighted by atomic mass is 16.5. The fourth-order valence-electron chi connectivity index (χ4n) is 5.87. The Labute approximate surface area is 222 Å². The van der Waals surface area contributed by atoms with Crippen molar-refractivity contribution in [1.82, 2.24) is 0 Å². The van der Waals surface area contributed by atoms with Crippen LogP contribution in [0, 0.1) is 0 Å². The smallest absolute Gasteiger partial charge is 0.118 e. The number of benzene rings is 7. The van der Waals surface area contributed by atoms with Gasteiger partial charge in [0.25, 0.3) is 0 Å². The molecule has 0 saturated carbocycles. The summed E-state index contributed by atoms with van der Waals surface area (Å²) >= 11 is 0. The summed E-state index contributed by atoms with van der Waals surface area (Å²) in [5, 5.41) is 7.55. The van der Waals surface area contributed by atoms with Crippen molar-refractivity contribution in [2.75, 3.05) is 7.11 Å². The molecule has 1 nitrogen and oxygen atoms in total. The molecule has 7 rings (SSSR count). The normalized spacial score (nSPS) is 11.3. The van der Waals surface area contributed by atoms with E-state index in [2.05, 4.69) is 127 Å². The van der Waals surface area contributed by atoms with Crippen LogP contribution in [0.3, 0.4) is 0 Å². The Balaban J connectivity index is 1.59. The van der Waals surface area contributed by atoms with Crippen LogP contribution in [-0.4, -0.2) is 7.11 Å². The summed E-state index contributed by atoms with van der Waals surface area (Å²) in [7, 11) is 1.71. The fourth-order valence-corrected chi connectivity index (χ4v) is 5.87. The van der Waals surface area contributed by atoms with Gasteiger partial charge in [-0.25, -0.2) is 0 Å². The van der Waals surface area contributed by atoms with Crippen LogP contribution in [-0.2, 0) is 0 Å². The molecular weight excluding hydrogens is 460 g/mol. The highest BCUT2D eigenvalue weighted by molar-refractivity contribution is 6.24. The first kappa shape index (κ1) is 22.3. The second-order valence-electron chi connectivity index (χ2n) is 9.64. The van der Waals surface area contributed by atoms with Crippen molar-refractivity contribution in [3.63, 3.8) is 0 Å². The first-order valence-electron chi connectivity index (χ1n) is 13.0. The summed E-state index contributed by atoms with van der Waals surface area (Å²) in [6.45, 7) is 0. The third-order valence-corrected chi connectivity index (χ3v) is 7.59. The van der Waals surface area contributed by atoms with Crippen molar-refractivity contribution in [3.05, 3.63) is 140 Å². The van der Waals surface area contributed by atoms with E-state index in [9.17, 15) is 0 Å². The van der Waals surface area contributed by atoms with Gasteiger partial charge in [0.05, 0.1) is 7.11 Å². The third-order valence-electron chi connectivity index (χ3n) is 7.59. The van der Waals surface area contributed by atoms with Crippen molar-refractivity contribution < 1.29 is 4.74 Å². The minimum atomic E-state index is 0.865. The maximum absolute atomic E-state index is 5.44. The summed E-state index contributed by atoms with van der Waals surface area (Å²) in [4.78, 5) is 0. The van der Waals surface area contributed by atoms with Crippen LogP contribution < -0.4 is 4.74 Å². The van der Waals surface area contributed by atoms with Crippen LogP contribution >= 0.6 is 0 Å². The monoisotopic (exact) mass is 486 g/mol. The summed E-state index contributed by atoms with van der Waals surface area (Å²) in [6, 6.07) is 50.1. The van der Waals surface area contributed by atoms with Gasteiger partial charge >= 0.3 is 0 Å². The van der Waals surface area contributed by atoms with Crippen LogP contribution in [0.1, 0.15) is 0 Å². The second kappa shape index (κ2) is 9.21. The lowest BCUT2D eigenvalue weighted by atomic mass is 9.84. The highest BCUT2D eigenvalue weighted by Gasteiger charge is 2.18. The molecular formula is C37H26O. The lowest BCUT2D eigenvalue weighted by Crippen LogP contribution is -1.92. The molecule has 0 heterocycles. The molecule has 0 bridgehead atoms. The summed E-state index contributed by atoms with van der Waals surface area (Å²) in [5.41, 5.74) is 7.48. The van der Waals surface area contributed by atoms with E-state index in [1.807, 2.05) is 12.1 Å². The average molecular weight is 487 g/mol. The molecule has 0 unspecified atom stereocenters. The van der Waals surface area contributed by atoms with Gasteiger partial charge in [0.1, 0.15) is 5.75 Å². The highest BCUT2D eigenvalue weighted by Crippen LogP contribution is 2.46. The third kappa shape index (κ3) is 3.55. The maximum atomic E-state index is 5.44. The zero-order valence-electron chi connectivity index (χ0n) is 21.2. The van der Waals surface area contributed by atoms with Gasteiger partial charge in [-0.15, -0.1) is 0 Å². The summed E-state index contributed by atoms with van der Waals surface area (Å²) in [6.07, 6.45) is 0. The van der Waals surface area contributed by atoms with Gasteiger partial charge in [0.15, 0.2) is 0 Å². The average Bonchev–Trinajstić information content (AvgIpc) is 3.00. The molecule has 0 saturated heterocycles. The molecule has 1 heteroatoms. The molecule has 38 heavy (non-hydrogen) atoms. The van der Waals surface area contributed by atoms with Crippen molar-refractivity contribution >= 4 is 32.3 Å². The van der Waals surface area contributed by atoms with E-state index in [1.165, 1.54) is 65.7 Å². The Morgan fingerprint density at radius 1 is 0.342 bits per heavy atom. The molecule has 0 N–H and O–H groups in total. The summed E-state index contributed by atoms with van der Waals surface area (Å²) in [5.74, 6) is 0.865. The van der Waals surface area contributed by atoms with Gasteiger partial charge in [-0.1, -0.05) is 127 Å². The molecule has 0 aliphatic heterocycles. The van der Waals surface area contributed by atoms with E-state index in [4.69, 9.17) is 4.74 Å². The number of hydrogen-bond donors (Lipinski definition) is 0. The molecule has 180 valence electrons. The van der Waals surface area contributed by atoms with E-state index >= 15 is 0 Å². The van der Waals surface area contributed by atoms with E-state index in [-0.39, 0.29) is 0 Å². The number of rotatable bonds is 4. The zero-order valence-corrected chi connectivity index (χ0v) is 21.2. The molecule has 0 spiro atoms. The van der Waals surface area contributed by atoms with Crippen LogP contribution in [0.15, 0.2) is 140 Å². The van der Waals surface area contributed by atoms with Gasteiger partial charge in [0.2, 0.25) is 0 Å². The topological polar surface area (TPSA) is 9.23 Å². The molecule has 7 aromatic rings. The minimum absolute atomic E-state index is 0.865. The lowest BCUT2D eigenvalue weighted by Gasteiger charge is -2.19. The van der Waals surface area contributed by atoms with Crippen molar-refractivity contribution in [1.29, 1.82) is 0 Å². The SMILES string of the molecule is COc1ccc(-c2c3ccccc3c(-c3ccc(-c4ccccc4)c4ccccc34)c3ccccc23)cc1. The van der Waals surface area contributed by atoms with Crippen LogP contribution in [0.5, 0.6) is 5.75 Å². The second-order valence-corrected chi connectivity index (χ2v) is 9.64. The molecule has 7 aromatic carbocycles. The van der Waals surface area contributed by atoms with Gasteiger partial charge in [-0.2, -0.15) is 0 Å². The van der Waals surface area contributed by atoms with Crippen LogP contribution in [0.25, 0.3) is 65.7 Å². The lowest BCUT2D eigenvalue weighted by molar-refractivity contribution is 0.415. The fraction of sp³-hybridized carbons (Fsp3) is 0.0270. The van der Waals surface area contributed by atoms with Gasteiger partial charge in [0, 0.05) is 0 Å². The molecule has 0 fully saturated rings. The summed E-state index contributed by atoms with van der Waals surface area (Å²) < 4.78 is 5.44. The quantitative estimate of drug-likeness (QED) is 0.225. The first-order valence-corrected chi connectivity index (χ1v) is 13.0. The zero-order chi connectivity index (χ0) is 25.5. The standard InChI is InChI=1S/C37H26O/c1-38-27-21-19-26(20-22-27)36-31-15-7-9-17-33(31)37(34-18-10-8-16-32(34)36)35-24-23-28(25-11-3-2-4-12-25)29-13-5-6-14-30(29)35/h2-24H,1H3. The van der Waals surface area contributed by atoms with Crippen molar-refractivity contribution in [2.24, 2.45) is 0 Å². The molecule has 0 aliphatic rings. The Morgan fingerprint density at radius 2 is 0.789 bits per heavy atom. The first-order chi connectivity index (χ1) is 18.8. The van der Waals surface area contributed by atoms with E-state index < -0.39 is 0 Å². The van der Waals surface area contributed by atoms with Crippen molar-refractivity contribution in [2.45, 2.75) is 0 Å². The molecule has 0 radical (unpaired) electrons. The number of hydrogen-bond acceptors (Lipinski definition) is 1. The Morgan fingerprint density at radius 3 is 1.34 bits per heavy atom. The Hall–Kier alpha value is -4.88. The minimum Gasteiger partial charge on any atom is -0.497 e. The van der Waals surface area contributed by atoms with E-state index in [0.29, 0.717) is 0 Å². The predicted octanol–water partition coefficient (Wildman–Crippen LogP) is 10.2. The maximum Gasteiger partial charge on any atom is 0.118 e. The number of fused-ring (bicyclic) bond motifs is 3. The molecule has 0 aliphatic carbocycles. The number of ether oxygens (including phenoxy) is 1. The molecule has 0 aromatic heterocycles. The predicted molar refractivity (Wildman–Crippen MR) is 162 cm³/mol. The van der Waals surface area contributed by atoms with Crippen molar-refractivity contribution in [3.8, 4) is 39.1 Å². The number of methoxy groups -OCH3 is 1. The molecule has 0 atom stereocenters. The molecule has 0 amide bonds. The largest absolute Gasteiger partial charge is 0.497 e. The van der Waals surface area contributed by atoms with Crippen LogP contribution in [0.2, 0.25) is 0 Å². The van der Waals surface area contributed by atoms with Gasteiger partial charge in [-0.05, 0) is 77.8 Å². The van der Waals surface area contributed by atoms with E-state index in [1.54, 1.807) is 7.11 Å². The van der Waals surface area contributed by atoms with Crippen LogP contribution in [0.4, 0.5) is 0 Å². The Bertz CT molecular complexity index is 1880. The Kier molecular flexibility index (Phi) is 5.41.